The van der Waals surface area contributed by atoms with Gasteiger partial charge < -0.3 is 4.90 Å². The van der Waals surface area contributed by atoms with Gasteiger partial charge in [-0.1, -0.05) is 13.3 Å². The highest BCUT2D eigenvalue weighted by molar-refractivity contribution is 7.85. The van der Waals surface area contributed by atoms with Crippen LogP contribution in [0.4, 0.5) is 5.69 Å². The maximum absolute atomic E-state index is 11.9. The second-order valence-electron chi connectivity index (χ2n) is 4.38. The van der Waals surface area contributed by atoms with E-state index < -0.39 is 10.8 Å². The van der Waals surface area contributed by atoms with Gasteiger partial charge >= 0.3 is 0 Å². The van der Waals surface area contributed by atoms with Crippen LogP contribution in [0.5, 0.6) is 0 Å². The summed E-state index contributed by atoms with van der Waals surface area (Å²) >= 11 is 0. The first kappa shape index (κ1) is 12.3. The highest BCUT2D eigenvalue weighted by atomic mass is 32.2. The predicted molar refractivity (Wildman–Crippen MR) is 70.0 cm³/mol. The fraction of sp³-hybridized carbons (Fsp3) is 0.462. The number of hydrogen-bond donors (Lipinski definition) is 0. The lowest BCUT2D eigenvalue weighted by Crippen LogP contribution is -2.13. The molecule has 3 nitrogen and oxygen atoms in total. The van der Waals surface area contributed by atoms with Gasteiger partial charge in [-0.05, 0) is 24.6 Å². The topological polar surface area (TPSA) is 37.4 Å². The smallest absolute Gasteiger partial charge is 0.162 e. The van der Waals surface area contributed by atoms with Gasteiger partial charge in [0.2, 0.25) is 0 Å². The minimum absolute atomic E-state index is 0.154. The monoisotopic (exact) mass is 251 g/mol. The van der Waals surface area contributed by atoms with E-state index in [9.17, 15) is 9.00 Å². The Morgan fingerprint density at radius 3 is 2.94 bits per heavy atom. The van der Waals surface area contributed by atoms with Crippen molar-refractivity contribution in [3.8, 4) is 0 Å². The molecule has 2 rings (SSSR count). The zero-order chi connectivity index (χ0) is 12.4. The van der Waals surface area contributed by atoms with E-state index in [2.05, 4.69) is 6.92 Å². The third kappa shape index (κ3) is 2.41. The number of nitrogens with zero attached hydrogens (tertiary/aromatic N) is 1. The van der Waals surface area contributed by atoms with E-state index in [1.54, 1.807) is 6.07 Å². The van der Waals surface area contributed by atoms with Crippen molar-refractivity contribution in [2.75, 3.05) is 17.8 Å². The molecule has 0 aliphatic carbocycles. The van der Waals surface area contributed by atoms with Crippen molar-refractivity contribution in [3.05, 3.63) is 23.8 Å². The molecule has 1 aliphatic rings. The van der Waals surface area contributed by atoms with Crippen molar-refractivity contribution < 1.29 is 9.00 Å². The summed E-state index contributed by atoms with van der Waals surface area (Å²) in [5, 5.41) is 0. The van der Waals surface area contributed by atoms with Gasteiger partial charge in [0.1, 0.15) is 0 Å². The van der Waals surface area contributed by atoms with E-state index in [0.717, 1.165) is 23.4 Å². The number of carbonyl (C=O) groups is 1. The van der Waals surface area contributed by atoms with Crippen LogP contribution >= 0.6 is 0 Å². The Labute approximate surface area is 104 Å². The third-order valence-electron chi connectivity index (χ3n) is 3.01. The first-order valence-electron chi connectivity index (χ1n) is 5.90. The van der Waals surface area contributed by atoms with Gasteiger partial charge in [0.25, 0.3) is 0 Å². The van der Waals surface area contributed by atoms with Crippen molar-refractivity contribution in [3.63, 3.8) is 0 Å². The fourth-order valence-corrected chi connectivity index (χ4v) is 3.33. The molecule has 92 valence electrons. The largest absolute Gasteiger partial charge is 0.361 e. The standard InChI is InChI=1S/C13H17NO2S/c1-3-4-5-12(15)10-6-7-11-13(8-10)17(16)9-14(11)2/h6-8H,3-5,9H2,1-2H3. The molecule has 0 amide bonds. The van der Waals surface area contributed by atoms with Gasteiger partial charge in [-0.2, -0.15) is 0 Å². The number of rotatable bonds is 4. The van der Waals surface area contributed by atoms with Crippen molar-refractivity contribution in [2.45, 2.75) is 31.1 Å². The van der Waals surface area contributed by atoms with Gasteiger partial charge in [-0.25, -0.2) is 0 Å². The van der Waals surface area contributed by atoms with Crippen LogP contribution in [0.1, 0.15) is 36.5 Å². The second kappa shape index (κ2) is 5.00. The molecule has 0 saturated heterocycles. The molecule has 1 unspecified atom stereocenters. The number of unbranched alkanes of at least 4 members (excludes halogenated alkanes) is 1. The Bertz CT molecular complexity index is 470. The SMILES string of the molecule is CCCCC(=O)c1ccc2c(c1)S(=O)CN2C. The fourth-order valence-electron chi connectivity index (χ4n) is 1.98. The van der Waals surface area contributed by atoms with E-state index >= 15 is 0 Å². The van der Waals surface area contributed by atoms with Crippen LogP contribution in [0.15, 0.2) is 23.1 Å². The van der Waals surface area contributed by atoms with Crippen LogP contribution in [-0.4, -0.2) is 22.9 Å². The van der Waals surface area contributed by atoms with Crippen LogP contribution in [0.2, 0.25) is 0 Å². The molecular formula is C13H17NO2S. The lowest BCUT2D eigenvalue weighted by molar-refractivity contribution is 0.0979. The average molecular weight is 251 g/mol. The van der Waals surface area contributed by atoms with E-state index in [-0.39, 0.29) is 5.78 Å². The summed E-state index contributed by atoms with van der Waals surface area (Å²) in [6.07, 6.45) is 2.52. The first-order chi connectivity index (χ1) is 8.13. The highest BCUT2D eigenvalue weighted by Gasteiger charge is 2.23. The van der Waals surface area contributed by atoms with E-state index in [1.165, 1.54) is 0 Å². The molecule has 1 heterocycles. The van der Waals surface area contributed by atoms with Gasteiger partial charge in [0, 0.05) is 19.0 Å². The maximum Gasteiger partial charge on any atom is 0.162 e. The zero-order valence-electron chi connectivity index (χ0n) is 10.2. The van der Waals surface area contributed by atoms with Crippen molar-refractivity contribution in [2.24, 2.45) is 0 Å². The van der Waals surface area contributed by atoms with Crippen LogP contribution in [-0.2, 0) is 10.8 Å². The van der Waals surface area contributed by atoms with Crippen LogP contribution in [0.25, 0.3) is 0 Å². The Morgan fingerprint density at radius 1 is 1.47 bits per heavy atom. The molecule has 0 spiro atoms. The van der Waals surface area contributed by atoms with Gasteiger partial charge in [-0.3, -0.25) is 9.00 Å². The van der Waals surface area contributed by atoms with Crippen LogP contribution in [0.3, 0.4) is 0 Å². The Hall–Kier alpha value is -1.16. The number of anilines is 1. The van der Waals surface area contributed by atoms with Crippen molar-refractivity contribution in [1.29, 1.82) is 0 Å². The minimum Gasteiger partial charge on any atom is -0.361 e. The summed E-state index contributed by atoms with van der Waals surface area (Å²) in [6, 6.07) is 5.54. The molecule has 1 aromatic carbocycles. The quantitative estimate of drug-likeness (QED) is 0.772. The number of carbonyl (C=O) groups excluding carboxylic acids is 1. The molecule has 1 aliphatic heterocycles. The summed E-state index contributed by atoms with van der Waals surface area (Å²) < 4.78 is 11.8. The summed E-state index contributed by atoms with van der Waals surface area (Å²) in [7, 11) is 0.932. The Morgan fingerprint density at radius 2 is 2.24 bits per heavy atom. The predicted octanol–water partition coefficient (Wildman–Crippen LogP) is 2.57. The molecule has 1 aromatic rings. The number of ketones is 1. The molecule has 0 radical (unpaired) electrons. The lowest BCUT2D eigenvalue weighted by atomic mass is 10.1. The molecule has 1 atom stereocenters. The molecule has 0 saturated carbocycles. The summed E-state index contributed by atoms with van der Waals surface area (Å²) in [5.41, 5.74) is 1.68. The average Bonchev–Trinajstić information content (AvgIpc) is 2.61. The number of hydrogen-bond acceptors (Lipinski definition) is 3. The Balaban J connectivity index is 2.25. The van der Waals surface area contributed by atoms with E-state index in [0.29, 0.717) is 17.9 Å². The molecule has 0 N–H and O–H groups in total. The first-order valence-corrected chi connectivity index (χ1v) is 7.22. The number of fused-ring (bicyclic) bond motifs is 1. The Kier molecular flexibility index (Phi) is 3.62. The summed E-state index contributed by atoms with van der Waals surface area (Å²) in [5.74, 6) is 0.684. The summed E-state index contributed by atoms with van der Waals surface area (Å²) in [6.45, 7) is 2.07. The van der Waals surface area contributed by atoms with Gasteiger partial charge in [0.05, 0.1) is 27.3 Å². The highest BCUT2D eigenvalue weighted by Crippen LogP contribution is 2.31. The van der Waals surface area contributed by atoms with Crippen LogP contribution < -0.4 is 4.90 Å². The molecule has 17 heavy (non-hydrogen) atoms. The maximum atomic E-state index is 11.9. The van der Waals surface area contributed by atoms with Crippen molar-refractivity contribution >= 4 is 22.3 Å². The van der Waals surface area contributed by atoms with E-state index in [4.69, 9.17) is 0 Å². The zero-order valence-corrected chi connectivity index (χ0v) is 11.0. The van der Waals surface area contributed by atoms with Gasteiger partial charge in [0.15, 0.2) is 5.78 Å². The number of Topliss-reactive ketones (excluding diaryl/α,β-unsaturated/α-hetero) is 1. The van der Waals surface area contributed by atoms with E-state index in [1.807, 2.05) is 24.1 Å². The molecule has 0 aromatic heterocycles. The second-order valence-corrected chi connectivity index (χ2v) is 5.77. The normalized spacial score (nSPS) is 18.2. The van der Waals surface area contributed by atoms with Crippen molar-refractivity contribution in [1.82, 2.24) is 0 Å². The molecule has 4 heteroatoms. The molecule has 0 fully saturated rings. The number of benzene rings is 1. The molecule has 0 bridgehead atoms. The lowest BCUT2D eigenvalue weighted by Gasteiger charge is -2.10. The third-order valence-corrected chi connectivity index (χ3v) is 4.45. The molecular weight excluding hydrogens is 234 g/mol. The van der Waals surface area contributed by atoms with Crippen LogP contribution in [0, 0.1) is 0 Å². The van der Waals surface area contributed by atoms with Gasteiger partial charge in [-0.15, -0.1) is 0 Å². The summed E-state index contributed by atoms with van der Waals surface area (Å²) in [4.78, 5) is 14.6. The minimum atomic E-state index is -0.987.